The largest absolute Gasteiger partial charge is 0.307 e. The predicted molar refractivity (Wildman–Crippen MR) is 103 cm³/mol. The Morgan fingerprint density at radius 3 is 2.79 bits per heavy atom. The first-order valence-corrected chi connectivity index (χ1v) is 9.24. The molecule has 3 aromatic rings. The van der Waals surface area contributed by atoms with Gasteiger partial charge in [-0.25, -0.2) is 19.0 Å². The van der Waals surface area contributed by atoms with Crippen molar-refractivity contribution in [2.75, 3.05) is 5.32 Å². The first kappa shape index (κ1) is 18.2. The Hall–Kier alpha value is -3.16. The minimum Gasteiger partial charge on any atom is -0.307 e. The third-order valence-corrected chi connectivity index (χ3v) is 4.83. The van der Waals surface area contributed by atoms with Crippen LogP contribution in [0.3, 0.4) is 0 Å². The molecule has 0 radical (unpaired) electrons. The zero-order valence-corrected chi connectivity index (χ0v) is 15.6. The van der Waals surface area contributed by atoms with Crippen molar-refractivity contribution in [2.45, 2.75) is 45.1 Å². The summed E-state index contributed by atoms with van der Waals surface area (Å²) in [5.74, 6) is -0.917. The minimum absolute atomic E-state index is 0.0752. The maximum absolute atomic E-state index is 13.6. The van der Waals surface area contributed by atoms with E-state index < -0.39 is 11.7 Å². The summed E-state index contributed by atoms with van der Waals surface area (Å²) < 4.78 is 14.8. The van der Waals surface area contributed by atoms with Gasteiger partial charge in [-0.1, -0.05) is 19.9 Å². The molecule has 0 saturated heterocycles. The summed E-state index contributed by atoms with van der Waals surface area (Å²) in [6.45, 7) is 3.66. The van der Waals surface area contributed by atoms with Crippen molar-refractivity contribution in [3.8, 4) is 0 Å². The van der Waals surface area contributed by atoms with Gasteiger partial charge in [0.2, 0.25) is 5.91 Å². The minimum atomic E-state index is -0.745. The van der Waals surface area contributed by atoms with Gasteiger partial charge in [0, 0.05) is 5.39 Å². The van der Waals surface area contributed by atoms with E-state index in [1.54, 1.807) is 0 Å². The molecule has 0 bridgehead atoms. The van der Waals surface area contributed by atoms with E-state index in [1.165, 1.54) is 18.4 Å². The van der Waals surface area contributed by atoms with E-state index in [9.17, 15) is 14.0 Å². The number of benzene rings is 1. The van der Waals surface area contributed by atoms with Gasteiger partial charge in [0.1, 0.15) is 12.9 Å². The van der Waals surface area contributed by atoms with Gasteiger partial charge in [-0.3, -0.25) is 9.59 Å². The second-order valence-electron chi connectivity index (χ2n) is 7.35. The number of aromatic nitrogens is 4. The highest BCUT2D eigenvalue weighted by Crippen LogP contribution is 2.41. The summed E-state index contributed by atoms with van der Waals surface area (Å²) in [5.41, 5.74) is 1.64. The van der Waals surface area contributed by atoms with Crippen LogP contribution >= 0.6 is 0 Å². The molecule has 7 nitrogen and oxygen atoms in total. The number of hydrogen-bond acceptors (Lipinski definition) is 5. The standard InChI is InChI=1S/C20H20FN5O2/c1-11(2)18-15-7-13(12-3-4-12)5-6-14(15)20(28)26(25-18)9-17(27)24-19-16(21)8-22-10-23-19/h5-8,10-12H,3-4,9H2,1-2H3,(H,22,23,24,27). The van der Waals surface area contributed by atoms with Crippen LogP contribution in [0.1, 0.15) is 49.8 Å². The number of carbonyl (C=O) groups is 1. The van der Waals surface area contributed by atoms with E-state index in [0.717, 1.165) is 28.3 Å². The van der Waals surface area contributed by atoms with Crippen LogP contribution in [0, 0.1) is 5.82 Å². The first-order chi connectivity index (χ1) is 13.4. The number of fused-ring (bicyclic) bond motifs is 1. The molecule has 1 aromatic carbocycles. The molecule has 144 valence electrons. The molecule has 8 heteroatoms. The maximum atomic E-state index is 13.6. The molecule has 0 spiro atoms. The van der Waals surface area contributed by atoms with Crippen LogP contribution < -0.4 is 10.9 Å². The van der Waals surface area contributed by atoms with Gasteiger partial charge in [-0.05, 0) is 42.4 Å². The van der Waals surface area contributed by atoms with Crippen LogP contribution in [-0.2, 0) is 11.3 Å². The Bertz CT molecular complexity index is 1120. The summed E-state index contributed by atoms with van der Waals surface area (Å²) in [5, 5.41) is 8.16. The third-order valence-electron chi connectivity index (χ3n) is 4.83. The summed E-state index contributed by atoms with van der Waals surface area (Å²) in [4.78, 5) is 32.4. The monoisotopic (exact) mass is 381 g/mol. The molecule has 0 aliphatic heterocycles. The molecule has 2 aromatic heterocycles. The number of nitrogens with zero attached hydrogens (tertiary/aromatic N) is 4. The number of hydrogen-bond donors (Lipinski definition) is 1. The quantitative estimate of drug-likeness (QED) is 0.734. The Morgan fingerprint density at radius 2 is 2.11 bits per heavy atom. The Balaban J connectivity index is 1.70. The van der Waals surface area contributed by atoms with E-state index in [0.29, 0.717) is 11.3 Å². The summed E-state index contributed by atoms with van der Waals surface area (Å²) in [6.07, 6.45) is 4.43. The van der Waals surface area contributed by atoms with Crippen LogP contribution in [0.4, 0.5) is 10.2 Å². The van der Waals surface area contributed by atoms with Gasteiger partial charge < -0.3 is 5.32 Å². The Morgan fingerprint density at radius 1 is 1.32 bits per heavy atom. The van der Waals surface area contributed by atoms with E-state index in [1.807, 2.05) is 26.0 Å². The number of nitrogens with one attached hydrogen (secondary N) is 1. The fraction of sp³-hybridized carbons (Fsp3) is 0.350. The fourth-order valence-corrected chi connectivity index (χ4v) is 3.25. The summed E-state index contributed by atoms with van der Waals surface area (Å²) in [6, 6.07) is 5.85. The van der Waals surface area contributed by atoms with E-state index in [4.69, 9.17) is 0 Å². The molecular formula is C20H20FN5O2. The van der Waals surface area contributed by atoms with Crippen LogP contribution in [0.2, 0.25) is 0 Å². The molecular weight excluding hydrogens is 361 g/mol. The van der Waals surface area contributed by atoms with Crippen molar-refractivity contribution in [2.24, 2.45) is 0 Å². The Kier molecular flexibility index (Phi) is 4.62. The molecule has 28 heavy (non-hydrogen) atoms. The maximum Gasteiger partial charge on any atom is 0.275 e. The van der Waals surface area contributed by atoms with Gasteiger partial charge >= 0.3 is 0 Å². The van der Waals surface area contributed by atoms with Crippen LogP contribution in [0.25, 0.3) is 10.8 Å². The van der Waals surface area contributed by atoms with Gasteiger partial charge in [0.15, 0.2) is 11.6 Å². The highest BCUT2D eigenvalue weighted by Gasteiger charge is 2.25. The van der Waals surface area contributed by atoms with Gasteiger partial charge in [0.25, 0.3) is 5.56 Å². The van der Waals surface area contributed by atoms with Crippen molar-refractivity contribution in [1.29, 1.82) is 0 Å². The predicted octanol–water partition coefficient (Wildman–Crippen LogP) is 2.97. The smallest absolute Gasteiger partial charge is 0.275 e. The number of amides is 1. The number of carbonyl (C=O) groups excluding carboxylic acids is 1. The molecule has 2 heterocycles. The second kappa shape index (κ2) is 7.10. The van der Waals surface area contributed by atoms with Crippen molar-refractivity contribution in [1.82, 2.24) is 19.7 Å². The second-order valence-corrected chi connectivity index (χ2v) is 7.35. The molecule has 1 amide bonds. The van der Waals surface area contributed by atoms with Crippen molar-refractivity contribution in [3.63, 3.8) is 0 Å². The molecule has 1 saturated carbocycles. The molecule has 1 N–H and O–H groups in total. The van der Waals surface area contributed by atoms with Crippen LogP contribution in [0.5, 0.6) is 0 Å². The zero-order chi connectivity index (χ0) is 19.8. The number of anilines is 1. The van der Waals surface area contributed by atoms with Crippen molar-refractivity contribution in [3.05, 3.63) is 58.2 Å². The lowest BCUT2D eigenvalue weighted by molar-refractivity contribution is -0.117. The molecule has 0 unspecified atom stereocenters. The van der Waals surface area contributed by atoms with Crippen LogP contribution in [0.15, 0.2) is 35.5 Å². The highest BCUT2D eigenvalue weighted by molar-refractivity contribution is 5.90. The van der Waals surface area contributed by atoms with E-state index in [-0.39, 0.29) is 23.8 Å². The summed E-state index contributed by atoms with van der Waals surface area (Å²) >= 11 is 0. The van der Waals surface area contributed by atoms with Crippen molar-refractivity contribution < 1.29 is 9.18 Å². The van der Waals surface area contributed by atoms with Gasteiger partial charge in [0.05, 0.1) is 17.3 Å². The van der Waals surface area contributed by atoms with Gasteiger partial charge in [-0.15, -0.1) is 0 Å². The zero-order valence-electron chi connectivity index (χ0n) is 15.6. The van der Waals surface area contributed by atoms with Gasteiger partial charge in [-0.2, -0.15) is 5.10 Å². The number of halogens is 1. The van der Waals surface area contributed by atoms with E-state index >= 15 is 0 Å². The van der Waals surface area contributed by atoms with Crippen molar-refractivity contribution >= 4 is 22.5 Å². The topological polar surface area (TPSA) is 89.8 Å². The summed E-state index contributed by atoms with van der Waals surface area (Å²) in [7, 11) is 0. The first-order valence-electron chi connectivity index (χ1n) is 9.24. The lowest BCUT2D eigenvalue weighted by atomic mass is 9.99. The number of rotatable bonds is 5. The highest BCUT2D eigenvalue weighted by atomic mass is 19.1. The average Bonchev–Trinajstić information content (AvgIpc) is 3.50. The SMILES string of the molecule is CC(C)c1nn(CC(=O)Nc2ncncc2F)c(=O)c2ccc(C3CC3)cc12. The fourth-order valence-electron chi connectivity index (χ4n) is 3.25. The average molecular weight is 381 g/mol. The van der Waals surface area contributed by atoms with E-state index in [2.05, 4.69) is 26.4 Å². The molecule has 0 atom stereocenters. The Labute approximate surface area is 160 Å². The normalized spacial score (nSPS) is 13.9. The molecule has 4 rings (SSSR count). The molecule has 1 aliphatic rings. The molecule has 1 fully saturated rings. The van der Waals surface area contributed by atoms with Crippen LogP contribution in [-0.4, -0.2) is 25.7 Å². The lowest BCUT2D eigenvalue weighted by Crippen LogP contribution is -2.31. The third kappa shape index (κ3) is 3.49. The lowest BCUT2D eigenvalue weighted by Gasteiger charge is -2.14. The molecule has 1 aliphatic carbocycles.